The van der Waals surface area contributed by atoms with E-state index in [0.29, 0.717) is 5.56 Å². The fourth-order valence-electron chi connectivity index (χ4n) is 1.79. The largest absolute Gasteiger partial charge is 0.476 e. The van der Waals surface area contributed by atoms with Crippen LogP contribution in [0.5, 0.6) is 11.6 Å². The first-order valence-electron chi connectivity index (χ1n) is 5.89. The number of carboxylic acid groups (broad SMARTS) is 1. The molecule has 0 aliphatic carbocycles. The predicted octanol–water partition coefficient (Wildman–Crippen LogP) is 2.49. The Kier molecular flexibility index (Phi) is 3.79. The zero-order valence-corrected chi connectivity index (χ0v) is 11.2. The molecule has 0 aliphatic heterocycles. The molecule has 1 aromatic carbocycles. The van der Waals surface area contributed by atoms with Gasteiger partial charge in [-0.3, -0.25) is 10.1 Å². The zero-order chi connectivity index (χ0) is 15.6. The number of nitro groups is 1. The molecule has 0 radical (unpaired) electrons. The molecule has 1 N–H and O–H groups in total. The highest BCUT2D eigenvalue weighted by atomic mass is 16.6. The molecule has 0 amide bonds. The quantitative estimate of drug-likeness (QED) is 0.678. The molecule has 0 bridgehead atoms. The van der Waals surface area contributed by atoms with Crippen LogP contribution in [0.4, 0.5) is 5.69 Å². The average molecular weight is 289 g/mol. The molecule has 0 aliphatic rings. The Bertz CT molecular complexity index is 712. The zero-order valence-electron chi connectivity index (χ0n) is 11.2. The lowest BCUT2D eigenvalue weighted by atomic mass is 10.1. The van der Waals surface area contributed by atoms with E-state index < -0.39 is 10.9 Å². The number of aromatic nitrogens is 2. The normalized spacial score (nSPS) is 10.2. The lowest BCUT2D eigenvalue weighted by Gasteiger charge is -2.09. The lowest BCUT2D eigenvalue weighted by molar-refractivity contribution is -0.385. The van der Waals surface area contributed by atoms with Crippen molar-refractivity contribution in [2.75, 3.05) is 0 Å². The van der Waals surface area contributed by atoms with Gasteiger partial charge in [0.1, 0.15) is 0 Å². The summed E-state index contributed by atoms with van der Waals surface area (Å²) in [5.74, 6) is -1.18. The third-order valence-corrected chi connectivity index (χ3v) is 2.66. The summed E-state index contributed by atoms with van der Waals surface area (Å²) in [7, 11) is 0. The molecule has 1 aromatic heterocycles. The number of rotatable bonds is 4. The van der Waals surface area contributed by atoms with Crippen LogP contribution in [0.3, 0.4) is 0 Å². The average Bonchev–Trinajstić information content (AvgIpc) is 2.41. The van der Waals surface area contributed by atoms with Crippen molar-refractivity contribution in [2.24, 2.45) is 0 Å². The standard InChI is InChI=1S/C13H11N3O5/c1-7-5-8(2)12(10(6-7)16(19)20)21-11-4-3-9(13(17)18)14-15-11/h3-6H,1-2H3,(H,17,18). The van der Waals surface area contributed by atoms with E-state index >= 15 is 0 Å². The predicted molar refractivity (Wildman–Crippen MR) is 71.6 cm³/mol. The fraction of sp³-hybridized carbons (Fsp3) is 0.154. The Morgan fingerprint density at radius 3 is 2.52 bits per heavy atom. The van der Waals surface area contributed by atoms with Crippen LogP contribution in [0.25, 0.3) is 0 Å². The molecule has 0 spiro atoms. The second kappa shape index (κ2) is 5.53. The van der Waals surface area contributed by atoms with Crippen molar-refractivity contribution < 1.29 is 19.6 Å². The molecule has 0 atom stereocenters. The van der Waals surface area contributed by atoms with E-state index in [4.69, 9.17) is 9.84 Å². The van der Waals surface area contributed by atoms with E-state index in [1.807, 2.05) is 0 Å². The number of nitrogens with zero attached hydrogens (tertiary/aromatic N) is 3. The summed E-state index contributed by atoms with van der Waals surface area (Å²) in [6, 6.07) is 5.63. The molecule has 108 valence electrons. The minimum absolute atomic E-state index is 0.0185. The topological polar surface area (TPSA) is 115 Å². The third-order valence-electron chi connectivity index (χ3n) is 2.66. The molecular weight excluding hydrogens is 278 g/mol. The van der Waals surface area contributed by atoms with Crippen LogP contribution >= 0.6 is 0 Å². The molecule has 21 heavy (non-hydrogen) atoms. The second-order valence-electron chi connectivity index (χ2n) is 4.35. The van der Waals surface area contributed by atoms with Crippen LogP contribution in [-0.2, 0) is 0 Å². The summed E-state index contributed by atoms with van der Waals surface area (Å²) in [5, 5.41) is 26.8. The van der Waals surface area contributed by atoms with Gasteiger partial charge in [-0.1, -0.05) is 6.07 Å². The van der Waals surface area contributed by atoms with Crippen LogP contribution in [0.15, 0.2) is 24.3 Å². The highest BCUT2D eigenvalue weighted by Crippen LogP contribution is 2.34. The van der Waals surface area contributed by atoms with Gasteiger partial charge in [0.15, 0.2) is 5.69 Å². The minimum Gasteiger partial charge on any atom is -0.476 e. The van der Waals surface area contributed by atoms with Crippen molar-refractivity contribution >= 4 is 11.7 Å². The van der Waals surface area contributed by atoms with Gasteiger partial charge in [0.05, 0.1) is 4.92 Å². The van der Waals surface area contributed by atoms with E-state index in [1.165, 1.54) is 18.2 Å². The van der Waals surface area contributed by atoms with Crippen LogP contribution in [0.1, 0.15) is 21.6 Å². The van der Waals surface area contributed by atoms with Gasteiger partial charge in [0, 0.05) is 12.1 Å². The summed E-state index contributed by atoms with van der Waals surface area (Å²) in [4.78, 5) is 21.2. The van der Waals surface area contributed by atoms with Crippen LogP contribution in [0.2, 0.25) is 0 Å². The number of hydrogen-bond donors (Lipinski definition) is 1. The summed E-state index contributed by atoms with van der Waals surface area (Å²) < 4.78 is 5.38. The second-order valence-corrected chi connectivity index (χ2v) is 4.35. The molecule has 0 fully saturated rings. The fourth-order valence-corrected chi connectivity index (χ4v) is 1.79. The molecule has 8 heteroatoms. The highest BCUT2D eigenvalue weighted by molar-refractivity contribution is 5.84. The van der Waals surface area contributed by atoms with Crippen molar-refractivity contribution in [2.45, 2.75) is 13.8 Å². The van der Waals surface area contributed by atoms with Crippen molar-refractivity contribution in [1.82, 2.24) is 10.2 Å². The first-order chi connectivity index (χ1) is 9.88. The van der Waals surface area contributed by atoms with Gasteiger partial charge in [0.25, 0.3) is 0 Å². The van der Waals surface area contributed by atoms with Gasteiger partial charge in [-0.2, -0.15) is 0 Å². The van der Waals surface area contributed by atoms with Crippen molar-refractivity contribution in [3.8, 4) is 11.6 Å². The number of aryl methyl sites for hydroxylation is 2. The van der Waals surface area contributed by atoms with Gasteiger partial charge in [-0.05, 0) is 31.0 Å². The molecule has 2 aromatic rings. The summed E-state index contributed by atoms with van der Waals surface area (Å²) in [6.45, 7) is 3.42. The monoisotopic (exact) mass is 289 g/mol. The number of benzene rings is 1. The van der Waals surface area contributed by atoms with Crippen LogP contribution in [-0.4, -0.2) is 26.2 Å². The number of carbonyl (C=O) groups is 1. The van der Waals surface area contributed by atoms with Crippen molar-refractivity contribution in [1.29, 1.82) is 0 Å². The lowest BCUT2D eigenvalue weighted by Crippen LogP contribution is -2.03. The Morgan fingerprint density at radius 1 is 1.29 bits per heavy atom. The number of hydrogen-bond acceptors (Lipinski definition) is 6. The molecule has 0 saturated carbocycles. The van der Waals surface area contributed by atoms with E-state index in [0.717, 1.165) is 5.56 Å². The maximum absolute atomic E-state index is 11.1. The molecule has 1 heterocycles. The van der Waals surface area contributed by atoms with Gasteiger partial charge < -0.3 is 9.84 Å². The molecular formula is C13H11N3O5. The number of aromatic carboxylic acids is 1. The minimum atomic E-state index is -1.22. The Morgan fingerprint density at radius 2 is 2.00 bits per heavy atom. The summed E-state index contributed by atoms with van der Waals surface area (Å²) in [5.41, 5.74) is 0.888. The van der Waals surface area contributed by atoms with E-state index in [1.54, 1.807) is 19.9 Å². The smallest absolute Gasteiger partial charge is 0.356 e. The van der Waals surface area contributed by atoms with Crippen LogP contribution in [0, 0.1) is 24.0 Å². The van der Waals surface area contributed by atoms with Gasteiger partial charge in [0.2, 0.25) is 11.6 Å². The number of ether oxygens (including phenoxy) is 1. The number of nitro benzene ring substituents is 1. The molecule has 2 rings (SSSR count). The van der Waals surface area contributed by atoms with E-state index in [-0.39, 0.29) is 23.0 Å². The van der Waals surface area contributed by atoms with Gasteiger partial charge in [-0.15, -0.1) is 10.2 Å². The van der Waals surface area contributed by atoms with Gasteiger partial charge in [-0.25, -0.2) is 4.79 Å². The Hall–Kier alpha value is -3.03. The maximum atomic E-state index is 11.1. The Labute approximate surface area is 119 Å². The first-order valence-corrected chi connectivity index (χ1v) is 5.89. The molecule has 8 nitrogen and oxygen atoms in total. The number of carboxylic acids is 1. The summed E-state index contributed by atoms with van der Waals surface area (Å²) >= 11 is 0. The van der Waals surface area contributed by atoms with Crippen LogP contribution < -0.4 is 4.74 Å². The highest BCUT2D eigenvalue weighted by Gasteiger charge is 2.20. The SMILES string of the molecule is Cc1cc(C)c(Oc2ccc(C(=O)O)nn2)c([N+](=O)[O-])c1. The maximum Gasteiger partial charge on any atom is 0.356 e. The molecule has 0 unspecified atom stereocenters. The van der Waals surface area contributed by atoms with Crippen molar-refractivity contribution in [3.63, 3.8) is 0 Å². The van der Waals surface area contributed by atoms with Crippen molar-refractivity contribution in [3.05, 3.63) is 51.2 Å². The van der Waals surface area contributed by atoms with E-state index in [2.05, 4.69) is 10.2 Å². The third kappa shape index (κ3) is 3.11. The molecule has 0 saturated heterocycles. The van der Waals surface area contributed by atoms with Gasteiger partial charge >= 0.3 is 11.7 Å². The Balaban J connectivity index is 2.39. The van der Waals surface area contributed by atoms with E-state index in [9.17, 15) is 14.9 Å². The first kappa shape index (κ1) is 14.4. The summed E-state index contributed by atoms with van der Waals surface area (Å²) in [6.07, 6.45) is 0.